The summed E-state index contributed by atoms with van der Waals surface area (Å²) in [6, 6.07) is 9.97. The summed E-state index contributed by atoms with van der Waals surface area (Å²) in [4.78, 5) is 56.5. The van der Waals surface area contributed by atoms with Gasteiger partial charge in [-0.25, -0.2) is 0 Å². The number of ketones is 1. The number of rotatable bonds is 13. The van der Waals surface area contributed by atoms with Gasteiger partial charge in [0.1, 0.15) is 6.10 Å². The Balaban J connectivity index is 1.29. The first-order valence-electron chi connectivity index (χ1n) is 22.3. The van der Waals surface area contributed by atoms with E-state index in [4.69, 9.17) is 4.74 Å². The van der Waals surface area contributed by atoms with Gasteiger partial charge in [-0.1, -0.05) is 98.2 Å². The number of hydrogen-bond donors (Lipinski definition) is 2. The molecule has 4 saturated carbocycles. The average molecular weight is 803 g/mol. The molecule has 9 atom stereocenters. The predicted molar refractivity (Wildman–Crippen MR) is 226 cm³/mol. The monoisotopic (exact) mass is 803 g/mol. The molecule has 0 bridgehead atoms. The lowest BCUT2D eigenvalue weighted by Gasteiger charge is -2.72. The molecule has 5 aliphatic rings. The number of esters is 1. The first kappa shape index (κ1) is 44.5. The van der Waals surface area contributed by atoms with Crippen LogP contribution in [0.15, 0.2) is 41.5 Å². The third kappa shape index (κ3) is 7.62. The Morgan fingerprint density at radius 3 is 2.17 bits per heavy atom. The molecule has 9 heteroatoms. The molecule has 1 amide bonds. The molecular weight excluding hydrogens is 729 g/mol. The second kappa shape index (κ2) is 15.8. The maximum atomic E-state index is 14.3. The summed E-state index contributed by atoms with van der Waals surface area (Å²) in [5.74, 6) is -0.0532. The van der Waals surface area contributed by atoms with Crippen LogP contribution in [0.2, 0.25) is 0 Å². The highest BCUT2D eigenvalue weighted by atomic mass is 16.5. The topological polar surface area (TPSA) is 124 Å². The molecule has 4 fully saturated rings. The molecule has 2 N–H and O–H groups in total. The Hall–Kier alpha value is -3.04. The van der Waals surface area contributed by atoms with Crippen molar-refractivity contribution in [3.05, 3.63) is 47.0 Å². The molecule has 1 aromatic carbocycles. The summed E-state index contributed by atoms with van der Waals surface area (Å²) in [6.07, 6.45) is 6.73. The lowest BCUT2D eigenvalue weighted by molar-refractivity contribution is -0.235. The molecule has 9 unspecified atom stereocenters. The first-order valence-corrected chi connectivity index (χ1v) is 22.3. The van der Waals surface area contributed by atoms with Crippen molar-refractivity contribution >= 4 is 23.6 Å². The van der Waals surface area contributed by atoms with Crippen LogP contribution in [0.3, 0.4) is 0 Å². The Kier molecular flexibility index (Phi) is 12.1. The van der Waals surface area contributed by atoms with Crippen molar-refractivity contribution in [1.29, 1.82) is 0 Å². The van der Waals surface area contributed by atoms with Gasteiger partial charge < -0.3 is 24.7 Å². The fourth-order valence-electron chi connectivity index (χ4n) is 14.2. The van der Waals surface area contributed by atoms with Crippen LogP contribution in [-0.4, -0.2) is 83.0 Å². The zero-order valence-corrected chi connectivity index (χ0v) is 37.6. The van der Waals surface area contributed by atoms with Crippen LogP contribution in [0.1, 0.15) is 139 Å². The maximum absolute atomic E-state index is 14.3. The van der Waals surface area contributed by atoms with E-state index in [-0.39, 0.29) is 83.2 Å². The quantitative estimate of drug-likeness (QED) is 0.190. The number of benzene rings is 1. The number of carboxylic acid groups (broad SMARTS) is 1. The third-order valence-corrected chi connectivity index (χ3v) is 17.0. The number of Topliss-reactive ketones (excluding diaryl/α,β-unsaturated/α-hetero) is 1. The van der Waals surface area contributed by atoms with Gasteiger partial charge in [0.15, 0.2) is 5.78 Å². The van der Waals surface area contributed by atoms with E-state index < -0.39 is 22.9 Å². The van der Waals surface area contributed by atoms with Crippen LogP contribution in [0.4, 0.5) is 0 Å². The molecule has 5 aliphatic carbocycles. The van der Waals surface area contributed by atoms with Crippen molar-refractivity contribution in [3.8, 4) is 0 Å². The Labute approximate surface area is 348 Å². The second-order valence-electron chi connectivity index (χ2n) is 22.1. The number of aliphatic hydroxyl groups is 1. The molecule has 9 nitrogen and oxygen atoms in total. The first-order chi connectivity index (χ1) is 26.9. The number of carboxylic acids is 1. The van der Waals surface area contributed by atoms with Crippen molar-refractivity contribution in [3.63, 3.8) is 0 Å². The van der Waals surface area contributed by atoms with Crippen molar-refractivity contribution in [1.82, 2.24) is 9.80 Å². The summed E-state index contributed by atoms with van der Waals surface area (Å²) >= 11 is 0. The van der Waals surface area contributed by atoms with Crippen molar-refractivity contribution < 1.29 is 34.1 Å². The van der Waals surface area contributed by atoms with E-state index in [0.29, 0.717) is 24.8 Å². The molecule has 6 rings (SSSR count). The van der Waals surface area contributed by atoms with Crippen LogP contribution >= 0.6 is 0 Å². The molecule has 0 heterocycles. The van der Waals surface area contributed by atoms with Gasteiger partial charge in [0, 0.05) is 30.3 Å². The number of carbonyl (C=O) groups is 4. The van der Waals surface area contributed by atoms with Gasteiger partial charge in [-0.15, -0.1) is 0 Å². The minimum absolute atomic E-state index is 0.000473. The smallest absolute Gasteiger partial charge is 0.306 e. The molecule has 0 radical (unpaired) electrons. The van der Waals surface area contributed by atoms with Gasteiger partial charge >= 0.3 is 11.9 Å². The van der Waals surface area contributed by atoms with E-state index in [9.17, 15) is 29.4 Å². The van der Waals surface area contributed by atoms with Gasteiger partial charge in [-0.2, -0.15) is 0 Å². The van der Waals surface area contributed by atoms with Crippen LogP contribution in [0.5, 0.6) is 0 Å². The van der Waals surface area contributed by atoms with E-state index in [2.05, 4.69) is 48.5 Å². The number of hydrogen-bond acceptors (Lipinski definition) is 7. The molecule has 0 aliphatic heterocycles. The second-order valence-corrected chi connectivity index (χ2v) is 22.1. The number of nitrogens with zero attached hydrogens (tertiary/aromatic N) is 2. The fourth-order valence-corrected chi connectivity index (χ4v) is 14.2. The summed E-state index contributed by atoms with van der Waals surface area (Å²) in [7, 11) is 3.78. The SMILES string of the molecule is CC(C)C1=C2C3CCC4C5(C)CCC(OC(=O)CC(C)(C)CC(=O)O)C(C)(C)C5CCC4(C)C3(C)CCC2(C(O)CN(Cc2ccccc2)C(=O)CN(C)C)CC1=O. The molecule has 0 aromatic heterocycles. The number of carbonyl (C=O) groups excluding carboxylic acids is 3. The zero-order valence-electron chi connectivity index (χ0n) is 37.6. The lowest BCUT2D eigenvalue weighted by atomic mass is 9.33. The summed E-state index contributed by atoms with van der Waals surface area (Å²) in [5, 5.41) is 22.0. The summed E-state index contributed by atoms with van der Waals surface area (Å²) in [5.41, 5.74) is 1.50. The van der Waals surface area contributed by atoms with Crippen LogP contribution in [-0.2, 0) is 30.5 Å². The Morgan fingerprint density at radius 1 is 0.879 bits per heavy atom. The van der Waals surface area contributed by atoms with E-state index >= 15 is 0 Å². The minimum Gasteiger partial charge on any atom is -0.481 e. The van der Waals surface area contributed by atoms with Crippen LogP contribution in [0.25, 0.3) is 0 Å². The largest absolute Gasteiger partial charge is 0.481 e. The van der Waals surface area contributed by atoms with Gasteiger partial charge in [0.25, 0.3) is 0 Å². The number of allylic oxidation sites excluding steroid dienone is 1. The molecular formula is C49H74N2O7. The highest BCUT2D eigenvalue weighted by molar-refractivity contribution is 6.00. The molecule has 58 heavy (non-hydrogen) atoms. The van der Waals surface area contributed by atoms with Crippen molar-refractivity contribution in [2.75, 3.05) is 27.2 Å². The standard InChI is InChI=1S/C49H74N2O7/c1-31(2)42-34(52)25-49(37(53)29-51(39(54)30-50(10)11)28-32-15-13-12-14-16-32)24-23-47(8)33(43(42)49)17-18-36-46(7)21-20-38(45(5,6)35(46)19-22-48(36,47)9)58-41(57)27-44(3,4)26-40(55)56/h12-16,31,33,35-38,53H,17-30H2,1-11H3,(H,55,56). The Morgan fingerprint density at radius 2 is 1.55 bits per heavy atom. The number of likely N-dealkylation sites (N-methyl/N-ethyl adjacent to an activating group) is 1. The van der Waals surface area contributed by atoms with Gasteiger partial charge in [-0.3, -0.25) is 19.2 Å². The normalized spacial score (nSPS) is 34.8. The molecule has 0 saturated heterocycles. The molecule has 322 valence electrons. The number of ether oxygens (including phenoxy) is 1. The van der Waals surface area contributed by atoms with E-state index in [0.717, 1.165) is 62.5 Å². The van der Waals surface area contributed by atoms with Crippen molar-refractivity contribution in [2.45, 2.75) is 152 Å². The zero-order chi connectivity index (χ0) is 42.8. The number of fused-ring (bicyclic) bond motifs is 7. The van der Waals surface area contributed by atoms with E-state index in [1.807, 2.05) is 68.1 Å². The fraction of sp³-hybridized carbons (Fsp3) is 0.755. The van der Waals surface area contributed by atoms with Crippen LogP contribution in [0, 0.1) is 56.2 Å². The number of aliphatic hydroxyl groups excluding tert-OH is 1. The number of amides is 1. The van der Waals surface area contributed by atoms with Crippen molar-refractivity contribution in [2.24, 2.45) is 56.2 Å². The van der Waals surface area contributed by atoms with Gasteiger partial charge in [-0.05, 0) is 122 Å². The maximum Gasteiger partial charge on any atom is 0.306 e. The third-order valence-electron chi connectivity index (χ3n) is 17.0. The molecule has 0 spiro atoms. The summed E-state index contributed by atoms with van der Waals surface area (Å²) in [6.45, 7) is 20.9. The van der Waals surface area contributed by atoms with E-state index in [1.54, 1.807) is 0 Å². The number of aliphatic carboxylic acids is 1. The predicted octanol–water partition coefficient (Wildman–Crippen LogP) is 8.72. The highest BCUT2D eigenvalue weighted by Gasteiger charge is 2.71. The summed E-state index contributed by atoms with van der Waals surface area (Å²) < 4.78 is 6.28. The highest BCUT2D eigenvalue weighted by Crippen LogP contribution is 2.77. The average Bonchev–Trinajstić information content (AvgIpc) is 3.42. The van der Waals surface area contributed by atoms with E-state index in [1.165, 1.54) is 5.57 Å². The minimum atomic E-state index is -0.908. The molecule has 1 aromatic rings. The Bertz CT molecular complexity index is 1780. The lowest BCUT2D eigenvalue weighted by Crippen LogP contribution is -2.66. The van der Waals surface area contributed by atoms with Gasteiger partial charge in [0.2, 0.25) is 5.91 Å². The van der Waals surface area contributed by atoms with Gasteiger partial charge in [0.05, 0.1) is 25.5 Å². The van der Waals surface area contributed by atoms with Crippen LogP contribution < -0.4 is 0 Å².